The van der Waals surface area contributed by atoms with Gasteiger partial charge in [-0.3, -0.25) is 0 Å². The molecule has 0 spiro atoms. The van der Waals surface area contributed by atoms with E-state index in [1.807, 2.05) is 6.92 Å². The average Bonchev–Trinajstić information content (AvgIpc) is 2.58. The molecule has 138 valence electrons. The normalized spacial score (nSPS) is 12.4. The van der Waals surface area contributed by atoms with Crippen LogP contribution in [0.5, 0.6) is 0 Å². The smallest absolute Gasteiger partial charge is 0.462 e. The van der Waals surface area contributed by atoms with Crippen LogP contribution in [-0.4, -0.2) is 54.4 Å². The van der Waals surface area contributed by atoms with Gasteiger partial charge in [-0.1, -0.05) is 20.1 Å². The van der Waals surface area contributed by atoms with Gasteiger partial charge in [0, 0.05) is 32.5 Å². The first kappa shape index (κ1) is 22.5. The number of esters is 2. The van der Waals surface area contributed by atoms with E-state index in [2.05, 4.69) is 13.2 Å². The van der Waals surface area contributed by atoms with Gasteiger partial charge in [-0.05, 0) is 26.2 Å². The Morgan fingerprint density at radius 3 is 2.00 bits per heavy atom. The average molecular weight is 360 g/mol. The number of carbonyl (C=O) groups is 2. The second-order valence-electron chi connectivity index (χ2n) is 5.14. The Morgan fingerprint density at radius 1 is 1.04 bits per heavy atom. The molecule has 0 aliphatic carbocycles. The maximum absolute atomic E-state index is 12.2. The Morgan fingerprint density at radius 2 is 1.58 bits per heavy atom. The first-order chi connectivity index (χ1) is 11.3. The van der Waals surface area contributed by atoms with E-state index in [-0.39, 0.29) is 12.2 Å². The molecule has 24 heavy (non-hydrogen) atoms. The third-order valence-electron chi connectivity index (χ3n) is 3.36. The highest BCUT2D eigenvalue weighted by atomic mass is 28.4. The zero-order valence-corrected chi connectivity index (χ0v) is 16.2. The summed E-state index contributed by atoms with van der Waals surface area (Å²) in [5.41, 5.74) is -0.00644. The summed E-state index contributed by atoms with van der Waals surface area (Å²) in [7, 11) is 1.29. The van der Waals surface area contributed by atoms with E-state index in [4.69, 9.17) is 22.8 Å². The molecule has 0 heterocycles. The molecular formula is C16H28O7Si. The molecule has 0 saturated heterocycles. The van der Waals surface area contributed by atoms with E-state index < -0.39 is 26.5 Å². The number of hydrogen-bond acceptors (Lipinski definition) is 7. The van der Waals surface area contributed by atoms with Crippen molar-refractivity contribution < 1.29 is 32.3 Å². The maximum Gasteiger partial charge on any atom is 0.543 e. The molecule has 1 unspecified atom stereocenters. The number of carbonyl (C=O) groups excluding carboxylic acids is 2. The van der Waals surface area contributed by atoms with E-state index >= 15 is 0 Å². The minimum Gasteiger partial charge on any atom is -0.462 e. The lowest BCUT2D eigenvalue weighted by molar-refractivity contribution is -0.144. The van der Waals surface area contributed by atoms with Crippen molar-refractivity contribution in [2.75, 3.05) is 27.9 Å². The lowest BCUT2D eigenvalue weighted by Crippen LogP contribution is -2.56. The number of rotatable bonds is 12. The van der Waals surface area contributed by atoms with Crippen LogP contribution >= 0.6 is 0 Å². The number of ether oxygens (including phenoxy) is 2. The molecule has 0 N–H and O–H groups in total. The van der Waals surface area contributed by atoms with Crippen molar-refractivity contribution in [3.05, 3.63) is 24.3 Å². The molecule has 0 saturated carbocycles. The Hall–Kier alpha value is -1.48. The van der Waals surface area contributed by atoms with Crippen LogP contribution in [-0.2, 0) is 32.3 Å². The molecule has 1 atom stereocenters. The molecule has 0 aliphatic heterocycles. The Balaban J connectivity index is 4.49. The lowest BCUT2D eigenvalue weighted by atomic mass is 10.2. The van der Waals surface area contributed by atoms with Crippen LogP contribution < -0.4 is 0 Å². The molecule has 0 aromatic carbocycles. The molecule has 8 heteroatoms. The van der Waals surface area contributed by atoms with Gasteiger partial charge >= 0.3 is 20.7 Å². The minimum atomic E-state index is -3.08. The summed E-state index contributed by atoms with van der Waals surface area (Å²) in [6.45, 7) is 10.8. The van der Waals surface area contributed by atoms with E-state index in [9.17, 15) is 9.59 Å². The van der Waals surface area contributed by atoms with Crippen LogP contribution in [0.1, 0.15) is 33.1 Å². The second kappa shape index (κ2) is 11.1. The lowest BCUT2D eigenvalue weighted by Gasteiger charge is -2.31. The fourth-order valence-corrected chi connectivity index (χ4v) is 3.98. The Kier molecular flexibility index (Phi) is 10.4. The summed E-state index contributed by atoms with van der Waals surface area (Å²) < 4.78 is 26.4. The van der Waals surface area contributed by atoms with Crippen LogP contribution in [0.15, 0.2) is 24.3 Å². The second-order valence-corrected chi connectivity index (χ2v) is 8.22. The van der Waals surface area contributed by atoms with Crippen LogP contribution in [0.3, 0.4) is 0 Å². The highest BCUT2D eigenvalue weighted by molar-refractivity contribution is 6.62. The van der Waals surface area contributed by atoms with E-state index in [0.717, 1.165) is 0 Å². The molecule has 0 radical (unpaired) electrons. The van der Waals surface area contributed by atoms with Gasteiger partial charge in [-0.2, -0.15) is 0 Å². The Labute approximate surface area is 144 Å². The monoisotopic (exact) mass is 360 g/mol. The van der Waals surface area contributed by atoms with Gasteiger partial charge in [0.1, 0.15) is 0 Å². The minimum absolute atomic E-state index is 0.183. The largest absolute Gasteiger partial charge is 0.543 e. The van der Waals surface area contributed by atoms with Gasteiger partial charge in [-0.25, -0.2) is 9.59 Å². The molecule has 7 nitrogen and oxygen atoms in total. The summed E-state index contributed by atoms with van der Waals surface area (Å²) in [6, 6.07) is 0. The van der Waals surface area contributed by atoms with Crippen LogP contribution in [0.25, 0.3) is 0 Å². The zero-order chi connectivity index (χ0) is 18.8. The van der Waals surface area contributed by atoms with Gasteiger partial charge < -0.3 is 22.8 Å². The van der Waals surface area contributed by atoms with Gasteiger partial charge in [0.05, 0.1) is 6.61 Å². The molecule has 0 fully saturated rings. The Bertz CT molecular complexity index is 449. The van der Waals surface area contributed by atoms with Gasteiger partial charge in [0.2, 0.25) is 0 Å². The third kappa shape index (κ3) is 6.56. The van der Waals surface area contributed by atoms with E-state index in [0.29, 0.717) is 24.8 Å². The highest BCUT2D eigenvalue weighted by Crippen LogP contribution is 2.20. The zero-order valence-electron chi connectivity index (χ0n) is 15.2. The summed E-state index contributed by atoms with van der Waals surface area (Å²) in [4.78, 5) is 23.4. The molecule has 0 rings (SSSR count). The van der Waals surface area contributed by atoms with Gasteiger partial charge in [0.15, 0.2) is 5.73 Å². The van der Waals surface area contributed by atoms with Crippen molar-refractivity contribution in [3.8, 4) is 0 Å². The molecule has 0 aromatic rings. The van der Waals surface area contributed by atoms with Crippen molar-refractivity contribution in [3.63, 3.8) is 0 Å². The first-order valence-electron chi connectivity index (χ1n) is 7.64. The SMILES string of the molecule is C=C(C)C(=O)OCCCC(=C)C(=O)OC(CC)[Si](OC)(OC)OC. The van der Waals surface area contributed by atoms with Crippen molar-refractivity contribution in [2.24, 2.45) is 0 Å². The van der Waals surface area contributed by atoms with Crippen molar-refractivity contribution in [1.82, 2.24) is 0 Å². The molecule has 0 bridgehead atoms. The molecule has 0 amide bonds. The maximum atomic E-state index is 12.2. The van der Waals surface area contributed by atoms with Gasteiger partial charge in [0.25, 0.3) is 0 Å². The van der Waals surface area contributed by atoms with Crippen molar-refractivity contribution in [2.45, 2.75) is 38.8 Å². The predicted octanol–water partition coefficient (Wildman–Crippen LogP) is 2.18. The van der Waals surface area contributed by atoms with E-state index in [1.54, 1.807) is 6.92 Å². The molecule has 0 aromatic heterocycles. The van der Waals surface area contributed by atoms with Crippen LogP contribution in [0, 0.1) is 0 Å². The van der Waals surface area contributed by atoms with Crippen molar-refractivity contribution in [1.29, 1.82) is 0 Å². The summed E-state index contributed by atoms with van der Waals surface area (Å²) in [6.07, 6.45) is 1.29. The van der Waals surface area contributed by atoms with Crippen LogP contribution in [0.4, 0.5) is 0 Å². The van der Waals surface area contributed by atoms with Gasteiger partial charge in [-0.15, -0.1) is 0 Å². The molecular weight excluding hydrogens is 332 g/mol. The highest BCUT2D eigenvalue weighted by Gasteiger charge is 2.49. The summed E-state index contributed by atoms with van der Waals surface area (Å²) in [5, 5.41) is 0. The summed E-state index contributed by atoms with van der Waals surface area (Å²) in [5.74, 6) is -0.999. The third-order valence-corrected chi connectivity index (χ3v) is 6.38. The first-order valence-corrected chi connectivity index (χ1v) is 9.44. The molecule has 0 aliphatic rings. The number of hydrogen-bond donors (Lipinski definition) is 0. The quantitative estimate of drug-likeness (QED) is 0.228. The topological polar surface area (TPSA) is 80.3 Å². The fraction of sp³-hybridized carbons (Fsp3) is 0.625. The predicted molar refractivity (Wildman–Crippen MR) is 91.1 cm³/mol. The van der Waals surface area contributed by atoms with Crippen LogP contribution in [0.2, 0.25) is 0 Å². The van der Waals surface area contributed by atoms with E-state index in [1.165, 1.54) is 21.3 Å². The van der Waals surface area contributed by atoms with Crippen molar-refractivity contribution >= 4 is 20.7 Å². The summed E-state index contributed by atoms with van der Waals surface area (Å²) >= 11 is 0. The fourth-order valence-electron chi connectivity index (χ4n) is 1.94. The standard InChI is InChI=1S/C16H28O7Si/c1-8-14(24(19-5,20-6)21-7)23-16(18)13(4)10-9-11-22-15(17)12(2)3/h14H,2,4,8-11H2,1,3,5-7H3.